The van der Waals surface area contributed by atoms with Crippen LogP contribution in [0.2, 0.25) is 0 Å². The molecule has 1 saturated carbocycles. The Morgan fingerprint density at radius 3 is 2.61 bits per heavy atom. The van der Waals surface area contributed by atoms with Gasteiger partial charge in [0.1, 0.15) is 0 Å². The zero-order chi connectivity index (χ0) is 16.2. The SMILES string of the molecule is NC(=O)c1ccc(N2CCCC2)c(NC(=O)CNCC2CC2)c1. The van der Waals surface area contributed by atoms with Gasteiger partial charge in [0.05, 0.1) is 17.9 Å². The van der Waals surface area contributed by atoms with Crippen LogP contribution in [0.15, 0.2) is 18.2 Å². The largest absolute Gasteiger partial charge is 0.370 e. The Labute approximate surface area is 136 Å². The molecule has 124 valence electrons. The summed E-state index contributed by atoms with van der Waals surface area (Å²) in [6.45, 7) is 3.13. The quantitative estimate of drug-likeness (QED) is 0.708. The number of benzene rings is 1. The summed E-state index contributed by atoms with van der Waals surface area (Å²) in [7, 11) is 0. The second kappa shape index (κ2) is 7.00. The lowest BCUT2D eigenvalue weighted by atomic mass is 10.1. The Hall–Kier alpha value is -2.08. The highest BCUT2D eigenvalue weighted by atomic mass is 16.2. The summed E-state index contributed by atoms with van der Waals surface area (Å²) in [5, 5.41) is 6.10. The minimum absolute atomic E-state index is 0.0901. The molecule has 1 aromatic carbocycles. The van der Waals surface area contributed by atoms with Gasteiger partial charge in [-0.25, -0.2) is 0 Å². The predicted octanol–water partition coefficient (Wildman–Crippen LogP) is 1.32. The van der Waals surface area contributed by atoms with Gasteiger partial charge in [-0.2, -0.15) is 0 Å². The van der Waals surface area contributed by atoms with E-state index in [0.717, 1.165) is 44.1 Å². The molecule has 0 aromatic heterocycles. The van der Waals surface area contributed by atoms with E-state index in [1.165, 1.54) is 12.8 Å². The first-order valence-electron chi connectivity index (χ1n) is 8.33. The lowest BCUT2D eigenvalue weighted by molar-refractivity contribution is -0.115. The van der Waals surface area contributed by atoms with Gasteiger partial charge in [-0.1, -0.05) is 0 Å². The van der Waals surface area contributed by atoms with E-state index in [1.54, 1.807) is 12.1 Å². The maximum atomic E-state index is 12.2. The fourth-order valence-corrected chi connectivity index (χ4v) is 2.93. The molecule has 6 nitrogen and oxygen atoms in total. The smallest absolute Gasteiger partial charge is 0.248 e. The highest BCUT2D eigenvalue weighted by Gasteiger charge is 2.21. The van der Waals surface area contributed by atoms with Crippen LogP contribution in [0, 0.1) is 5.92 Å². The van der Waals surface area contributed by atoms with Gasteiger partial charge in [0, 0.05) is 18.7 Å². The first-order valence-corrected chi connectivity index (χ1v) is 8.33. The number of hydrogen-bond donors (Lipinski definition) is 3. The summed E-state index contributed by atoms with van der Waals surface area (Å²) in [6.07, 6.45) is 4.81. The van der Waals surface area contributed by atoms with E-state index >= 15 is 0 Å². The number of amides is 2. The topological polar surface area (TPSA) is 87.5 Å². The van der Waals surface area contributed by atoms with Gasteiger partial charge in [-0.15, -0.1) is 0 Å². The van der Waals surface area contributed by atoms with Gasteiger partial charge < -0.3 is 21.3 Å². The maximum Gasteiger partial charge on any atom is 0.248 e. The molecule has 0 bridgehead atoms. The number of nitrogens with two attached hydrogens (primary N) is 1. The Balaban J connectivity index is 1.69. The Bertz CT molecular complexity index is 592. The third-order valence-corrected chi connectivity index (χ3v) is 4.42. The van der Waals surface area contributed by atoms with Gasteiger partial charge in [-0.05, 0) is 56.3 Å². The van der Waals surface area contributed by atoms with E-state index < -0.39 is 5.91 Å². The zero-order valence-electron chi connectivity index (χ0n) is 13.3. The van der Waals surface area contributed by atoms with Crippen molar-refractivity contribution < 1.29 is 9.59 Å². The minimum Gasteiger partial charge on any atom is -0.370 e. The molecule has 1 aliphatic heterocycles. The second-order valence-corrected chi connectivity index (χ2v) is 6.41. The molecular weight excluding hydrogens is 292 g/mol. The monoisotopic (exact) mass is 316 g/mol. The molecule has 0 spiro atoms. The first kappa shape index (κ1) is 15.8. The average Bonchev–Trinajstić information content (AvgIpc) is 3.18. The van der Waals surface area contributed by atoms with Crippen molar-refractivity contribution in [3.05, 3.63) is 23.8 Å². The summed E-state index contributed by atoms with van der Waals surface area (Å²) in [6, 6.07) is 5.27. The lowest BCUT2D eigenvalue weighted by Gasteiger charge is -2.22. The second-order valence-electron chi connectivity index (χ2n) is 6.41. The molecule has 1 heterocycles. The van der Waals surface area contributed by atoms with E-state index in [4.69, 9.17) is 5.73 Å². The molecule has 1 saturated heterocycles. The minimum atomic E-state index is -0.486. The number of nitrogens with zero attached hydrogens (tertiary/aromatic N) is 1. The normalized spacial score (nSPS) is 17.3. The van der Waals surface area contributed by atoms with Gasteiger partial charge >= 0.3 is 0 Å². The maximum absolute atomic E-state index is 12.2. The van der Waals surface area contributed by atoms with Crippen LogP contribution in [-0.2, 0) is 4.79 Å². The van der Waals surface area contributed by atoms with Crippen LogP contribution in [0.5, 0.6) is 0 Å². The van der Waals surface area contributed by atoms with Gasteiger partial charge in [0.15, 0.2) is 0 Å². The molecule has 0 atom stereocenters. The molecule has 2 fully saturated rings. The summed E-state index contributed by atoms with van der Waals surface area (Å²) < 4.78 is 0. The Morgan fingerprint density at radius 1 is 1.22 bits per heavy atom. The molecule has 23 heavy (non-hydrogen) atoms. The summed E-state index contributed by atoms with van der Waals surface area (Å²) >= 11 is 0. The van der Waals surface area contributed by atoms with Crippen LogP contribution in [0.1, 0.15) is 36.0 Å². The van der Waals surface area contributed by atoms with Crippen molar-refractivity contribution in [1.82, 2.24) is 5.32 Å². The molecule has 6 heteroatoms. The Morgan fingerprint density at radius 2 is 1.96 bits per heavy atom. The van der Waals surface area contributed by atoms with E-state index in [9.17, 15) is 9.59 Å². The third-order valence-electron chi connectivity index (χ3n) is 4.42. The van der Waals surface area contributed by atoms with E-state index in [2.05, 4.69) is 15.5 Å². The average molecular weight is 316 g/mol. The summed E-state index contributed by atoms with van der Waals surface area (Å²) in [5.41, 5.74) is 7.40. The summed E-state index contributed by atoms with van der Waals surface area (Å²) in [4.78, 5) is 25.8. The van der Waals surface area contributed by atoms with Gasteiger partial charge in [0.25, 0.3) is 0 Å². The predicted molar refractivity (Wildman–Crippen MR) is 90.6 cm³/mol. The fourth-order valence-electron chi connectivity index (χ4n) is 2.93. The number of nitrogens with one attached hydrogen (secondary N) is 2. The van der Waals surface area contributed by atoms with Gasteiger partial charge in [-0.3, -0.25) is 9.59 Å². The molecular formula is C17H24N4O2. The standard InChI is InChI=1S/C17H24N4O2/c18-17(23)13-5-6-15(21-7-1-2-8-21)14(9-13)20-16(22)11-19-10-12-3-4-12/h5-6,9,12,19H,1-4,7-8,10-11H2,(H2,18,23)(H,20,22). The van der Waals surface area contributed by atoms with E-state index in [0.29, 0.717) is 11.3 Å². The fraction of sp³-hybridized carbons (Fsp3) is 0.529. The molecule has 1 aliphatic carbocycles. The number of carbonyl (C=O) groups is 2. The van der Waals surface area contributed by atoms with Crippen molar-refractivity contribution in [2.75, 3.05) is 36.4 Å². The number of carbonyl (C=O) groups excluding carboxylic acids is 2. The Kier molecular flexibility index (Phi) is 4.81. The highest BCUT2D eigenvalue weighted by molar-refractivity contribution is 5.99. The van der Waals surface area contributed by atoms with Crippen molar-refractivity contribution >= 4 is 23.2 Å². The van der Waals surface area contributed by atoms with Crippen LogP contribution >= 0.6 is 0 Å². The number of rotatable bonds is 7. The molecule has 1 aromatic rings. The number of primary amides is 1. The van der Waals surface area contributed by atoms with Crippen molar-refractivity contribution in [1.29, 1.82) is 0 Å². The van der Waals surface area contributed by atoms with E-state index in [1.807, 2.05) is 6.07 Å². The van der Waals surface area contributed by atoms with Crippen LogP contribution in [0.25, 0.3) is 0 Å². The van der Waals surface area contributed by atoms with Crippen molar-refractivity contribution in [2.45, 2.75) is 25.7 Å². The lowest BCUT2D eigenvalue weighted by Crippen LogP contribution is -2.30. The summed E-state index contributed by atoms with van der Waals surface area (Å²) in [5.74, 6) is 0.161. The van der Waals surface area contributed by atoms with Crippen molar-refractivity contribution in [3.8, 4) is 0 Å². The van der Waals surface area contributed by atoms with Crippen LogP contribution in [-0.4, -0.2) is 38.0 Å². The zero-order valence-corrected chi connectivity index (χ0v) is 13.3. The van der Waals surface area contributed by atoms with Gasteiger partial charge in [0.2, 0.25) is 11.8 Å². The van der Waals surface area contributed by atoms with Crippen LogP contribution in [0.4, 0.5) is 11.4 Å². The highest BCUT2D eigenvalue weighted by Crippen LogP contribution is 2.30. The number of anilines is 2. The molecule has 3 rings (SSSR count). The van der Waals surface area contributed by atoms with Crippen LogP contribution in [0.3, 0.4) is 0 Å². The van der Waals surface area contributed by atoms with Crippen molar-refractivity contribution in [2.24, 2.45) is 11.7 Å². The number of hydrogen-bond acceptors (Lipinski definition) is 4. The molecule has 0 radical (unpaired) electrons. The molecule has 2 amide bonds. The first-order chi connectivity index (χ1) is 11.1. The molecule has 4 N–H and O–H groups in total. The van der Waals surface area contributed by atoms with Crippen molar-refractivity contribution in [3.63, 3.8) is 0 Å². The third kappa shape index (κ3) is 4.22. The molecule has 0 unspecified atom stereocenters. The van der Waals surface area contributed by atoms with E-state index in [-0.39, 0.29) is 12.5 Å². The molecule has 2 aliphatic rings. The van der Waals surface area contributed by atoms with Crippen LogP contribution < -0.4 is 21.3 Å².